The molecule has 1 aliphatic rings. The number of fused-ring (bicyclic) bond motifs is 2. The molecule has 0 saturated carbocycles. The smallest absolute Gasteiger partial charge is 0.271 e. The second kappa shape index (κ2) is 12.6. The van der Waals surface area contributed by atoms with Crippen molar-refractivity contribution in [2.45, 2.75) is 33.4 Å². The van der Waals surface area contributed by atoms with E-state index >= 15 is 0 Å². The van der Waals surface area contributed by atoms with E-state index in [4.69, 9.17) is 14.5 Å². The van der Waals surface area contributed by atoms with Gasteiger partial charge in [0.2, 0.25) is 0 Å². The molecule has 0 aliphatic carbocycles. The van der Waals surface area contributed by atoms with E-state index in [0.717, 1.165) is 16.5 Å². The number of thiazole rings is 1. The number of para-hydroxylation sites is 1. The summed E-state index contributed by atoms with van der Waals surface area (Å²) in [6.45, 7) is 7.51. The van der Waals surface area contributed by atoms with Crippen LogP contribution in [0.2, 0.25) is 0 Å². The van der Waals surface area contributed by atoms with Crippen molar-refractivity contribution in [3.05, 3.63) is 127 Å². The number of aromatic nitrogens is 2. The Morgan fingerprint density at radius 1 is 1.00 bits per heavy atom. The molecular weight excluding hydrogens is 584 g/mol. The number of nitrogens with zero attached hydrogens (tertiary/aromatic N) is 4. The first-order valence-electron chi connectivity index (χ1n) is 15.0. The fourth-order valence-electron chi connectivity index (χ4n) is 6.07. The van der Waals surface area contributed by atoms with Gasteiger partial charge in [-0.1, -0.05) is 59.9 Å². The predicted octanol–water partition coefficient (Wildman–Crippen LogP) is 5.12. The quantitative estimate of drug-likeness (QED) is 0.229. The molecule has 9 heteroatoms. The first-order chi connectivity index (χ1) is 21.9. The maximum atomic E-state index is 14.4. The number of carbonyl (C=O) groups is 1. The Kier molecular flexibility index (Phi) is 8.45. The molecule has 5 aromatic rings. The highest BCUT2D eigenvalue weighted by Crippen LogP contribution is 2.38. The second-order valence-corrected chi connectivity index (χ2v) is 11.9. The Morgan fingerprint density at radius 2 is 1.73 bits per heavy atom. The van der Waals surface area contributed by atoms with Crippen molar-refractivity contribution in [3.63, 3.8) is 0 Å². The molecule has 45 heavy (non-hydrogen) atoms. The number of allylic oxidation sites excluding steroid dienone is 1. The number of amides is 1. The van der Waals surface area contributed by atoms with E-state index in [9.17, 15) is 9.59 Å². The summed E-state index contributed by atoms with van der Waals surface area (Å²) in [4.78, 5) is 35.6. The summed E-state index contributed by atoms with van der Waals surface area (Å²) in [7, 11) is 3.18. The van der Waals surface area contributed by atoms with Gasteiger partial charge < -0.3 is 18.9 Å². The van der Waals surface area contributed by atoms with E-state index in [0.29, 0.717) is 57.3 Å². The molecule has 1 aliphatic heterocycles. The number of hydrogen-bond acceptors (Lipinski definition) is 6. The largest absolute Gasteiger partial charge is 0.497 e. The van der Waals surface area contributed by atoms with E-state index in [1.54, 1.807) is 35.8 Å². The number of likely N-dealkylation sites (N-methyl/N-ethyl adjacent to an activating group) is 1. The summed E-state index contributed by atoms with van der Waals surface area (Å²) in [5.41, 5.74) is 4.69. The fourth-order valence-corrected chi connectivity index (χ4v) is 7.10. The van der Waals surface area contributed by atoms with E-state index in [-0.39, 0.29) is 11.5 Å². The van der Waals surface area contributed by atoms with Crippen molar-refractivity contribution in [2.75, 3.05) is 27.3 Å². The monoisotopic (exact) mass is 620 g/mol. The lowest BCUT2D eigenvalue weighted by molar-refractivity contribution is -0.127. The summed E-state index contributed by atoms with van der Waals surface area (Å²) < 4.78 is 15.7. The van der Waals surface area contributed by atoms with Crippen LogP contribution in [-0.2, 0) is 11.3 Å². The summed E-state index contributed by atoms with van der Waals surface area (Å²) in [6.07, 6.45) is 4.04. The summed E-state index contributed by atoms with van der Waals surface area (Å²) in [6, 6.07) is 23.2. The number of rotatable bonds is 9. The van der Waals surface area contributed by atoms with Crippen molar-refractivity contribution in [1.29, 1.82) is 0 Å². The summed E-state index contributed by atoms with van der Waals surface area (Å²) in [5, 5.41) is 1.05. The van der Waals surface area contributed by atoms with Gasteiger partial charge in [0.1, 0.15) is 17.5 Å². The number of benzene rings is 3. The highest BCUT2D eigenvalue weighted by molar-refractivity contribution is 7.07. The lowest BCUT2D eigenvalue weighted by Gasteiger charge is -2.30. The minimum atomic E-state index is -0.749. The minimum absolute atomic E-state index is 0.158. The van der Waals surface area contributed by atoms with Crippen LogP contribution in [0.5, 0.6) is 11.5 Å². The molecule has 0 fully saturated rings. The molecule has 0 spiro atoms. The Bertz CT molecular complexity index is 2100. The third kappa shape index (κ3) is 5.48. The highest BCUT2D eigenvalue weighted by atomic mass is 32.1. The van der Waals surface area contributed by atoms with Crippen LogP contribution in [0.4, 0.5) is 0 Å². The topological polar surface area (TPSA) is 78.1 Å². The maximum absolute atomic E-state index is 14.4. The molecule has 0 bridgehead atoms. The van der Waals surface area contributed by atoms with Gasteiger partial charge in [-0.05, 0) is 56.7 Å². The summed E-state index contributed by atoms with van der Waals surface area (Å²) >= 11 is 1.33. The van der Waals surface area contributed by atoms with Gasteiger partial charge in [0.25, 0.3) is 11.5 Å². The molecular formula is C36H36N4O4S. The number of ether oxygens (including phenoxy) is 2. The molecule has 2 aromatic heterocycles. The minimum Gasteiger partial charge on any atom is -0.497 e. The normalized spacial score (nSPS) is 14.8. The maximum Gasteiger partial charge on any atom is 0.271 e. The first-order valence-corrected chi connectivity index (χ1v) is 15.9. The third-order valence-electron chi connectivity index (χ3n) is 8.34. The average Bonchev–Trinajstić information content (AvgIpc) is 3.56. The molecule has 0 saturated heterocycles. The molecule has 8 nitrogen and oxygen atoms in total. The number of carbonyl (C=O) groups excluding carboxylic acids is 1. The van der Waals surface area contributed by atoms with Crippen molar-refractivity contribution >= 4 is 34.2 Å². The van der Waals surface area contributed by atoms with Crippen LogP contribution in [0.25, 0.3) is 17.0 Å². The Morgan fingerprint density at radius 3 is 2.44 bits per heavy atom. The Labute approximate surface area is 265 Å². The molecule has 6 rings (SSSR count). The second-order valence-electron chi connectivity index (χ2n) is 10.9. The molecule has 0 radical (unpaired) electrons. The van der Waals surface area contributed by atoms with Crippen LogP contribution in [0.3, 0.4) is 0 Å². The lowest BCUT2D eigenvalue weighted by Crippen LogP contribution is -2.43. The van der Waals surface area contributed by atoms with Crippen LogP contribution < -0.4 is 24.4 Å². The van der Waals surface area contributed by atoms with Gasteiger partial charge in [0, 0.05) is 47.9 Å². The van der Waals surface area contributed by atoms with Crippen molar-refractivity contribution < 1.29 is 14.3 Å². The zero-order valence-electron chi connectivity index (χ0n) is 26.1. The summed E-state index contributed by atoms with van der Waals surface area (Å²) in [5.74, 6) is 0.997. The van der Waals surface area contributed by atoms with Crippen molar-refractivity contribution in [2.24, 2.45) is 4.99 Å². The Hall–Kier alpha value is -4.89. The molecule has 1 amide bonds. The molecule has 230 valence electrons. The van der Waals surface area contributed by atoms with Crippen LogP contribution in [0.15, 0.2) is 100 Å². The Balaban J connectivity index is 1.56. The number of hydrogen-bond donors (Lipinski definition) is 0. The van der Waals surface area contributed by atoms with E-state index in [2.05, 4.69) is 35.0 Å². The van der Waals surface area contributed by atoms with Crippen LogP contribution >= 0.6 is 11.3 Å². The van der Waals surface area contributed by atoms with Crippen LogP contribution in [-0.4, -0.2) is 47.3 Å². The van der Waals surface area contributed by atoms with Gasteiger partial charge in [-0.25, -0.2) is 4.99 Å². The average molecular weight is 621 g/mol. The van der Waals surface area contributed by atoms with Crippen molar-refractivity contribution in [1.82, 2.24) is 14.0 Å². The van der Waals surface area contributed by atoms with Crippen LogP contribution in [0, 0.1) is 0 Å². The fraction of sp³-hybridized carbons (Fsp3) is 0.250. The zero-order chi connectivity index (χ0) is 31.7. The van der Waals surface area contributed by atoms with Gasteiger partial charge in [-0.15, -0.1) is 0 Å². The third-order valence-corrected chi connectivity index (χ3v) is 9.32. The molecule has 3 aromatic carbocycles. The van der Waals surface area contributed by atoms with E-state index in [1.165, 1.54) is 16.9 Å². The zero-order valence-corrected chi connectivity index (χ0v) is 26.9. The van der Waals surface area contributed by atoms with Gasteiger partial charge in [-0.3, -0.25) is 14.2 Å². The van der Waals surface area contributed by atoms with E-state index in [1.807, 2.05) is 63.2 Å². The SMILES string of the molecule is CCN(CC)C(=O)C1=C(C)N=c2s/c(=C/c3cn(Cc4ccccc4)c4ccccc34)c(=O)n2[C@@H]1c1cc(OC)ccc1OC. The molecule has 0 unspecified atom stereocenters. The predicted molar refractivity (Wildman–Crippen MR) is 179 cm³/mol. The van der Waals surface area contributed by atoms with Crippen molar-refractivity contribution in [3.8, 4) is 11.5 Å². The van der Waals surface area contributed by atoms with Gasteiger partial charge in [0.05, 0.1) is 30.0 Å². The molecule has 1 atom stereocenters. The van der Waals surface area contributed by atoms with E-state index < -0.39 is 6.04 Å². The first kappa shape index (κ1) is 30.1. The van der Waals surface area contributed by atoms with Gasteiger partial charge in [-0.2, -0.15) is 0 Å². The lowest BCUT2D eigenvalue weighted by atomic mass is 9.93. The molecule has 0 N–H and O–H groups in total. The van der Waals surface area contributed by atoms with Gasteiger partial charge in [0.15, 0.2) is 4.80 Å². The number of methoxy groups -OCH3 is 2. The van der Waals surface area contributed by atoms with Crippen LogP contribution in [0.1, 0.15) is 43.5 Å². The standard InChI is InChI=1S/C36H36N4O4S/c1-6-38(7-2)35(42)32-23(3)37-36-40(33(32)28-20-26(43-4)17-18-30(28)44-5)34(41)31(45-36)19-25-22-39(21-24-13-9-8-10-14-24)29-16-12-11-15-27(25)29/h8-20,22,33H,6-7,21H2,1-5H3/b31-19+/t33-/m1/s1. The van der Waals surface area contributed by atoms with Gasteiger partial charge >= 0.3 is 0 Å². The molecule has 3 heterocycles. The highest BCUT2D eigenvalue weighted by Gasteiger charge is 2.36.